The van der Waals surface area contributed by atoms with Crippen LogP contribution in [0.3, 0.4) is 0 Å². The van der Waals surface area contributed by atoms with E-state index >= 15 is 0 Å². The third kappa shape index (κ3) is 2.15. The molecule has 0 saturated carbocycles. The maximum Gasteiger partial charge on any atom is 0.0314 e. The summed E-state index contributed by atoms with van der Waals surface area (Å²) >= 11 is 0. The molecular formula is C16H22N2. The summed E-state index contributed by atoms with van der Waals surface area (Å²) in [5.41, 5.74) is 16.5. The quantitative estimate of drug-likeness (QED) is 0.794. The highest BCUT2D eigenvalue weighted by Gasteiger charge is 2.32. The number of rotatable bonds is 3. The molecule has 0 bridgehead atoms. The molecule has 0 spiro atoms. The molecule has 2 rings (SSSR count). The fourth-order valence-corrected chi connectivity index (χ4v) is 2.70. The molecule has 1 aliphatic carbocycles. The van der Waals surface area contributed by atoms with Gasteiger partial charge in [-0.15, -0.1) is 0 Å². The van der Waals surface area contributed by atoms with Crippen molar-refractivity contribution in [3.05, 3.63) is 47.7 Å². The van der Waals surface area contributed by atoms with E-state index < -0.39 is 0 Å². The van der Waals surface area contributed by atoms with Crippen LogP contribution in [0.25, 0.3) is 5.57 Å². The topological polar surface area (TPSA) is 52.0 Å². The maximum absolute atomic E-state index is 6.20. The van der Waals surface area contributed by atoms with Crippen molar-refractivity contribution in [1.29, 1.82) is 0 Å². The molecule has 0 aromatic heterocycles. The highest BCUT2D eigenvalue weighted by atomic mass is 14.6. The van der Waals surface area contributed by atoms with Crippen LogP contribution in [-0.2, 0) is 0 Å². The molecular weight excluding hydrogens is 220 g/mol. The second-order valence-corrected chi connectivity index (χ2v) is 5.10. The van der Waals surface area contributed by atoms with E-state index in [1.54, 1.807) is 0 Å². The summed E-state index contributed by atoms with van der Waals surface area (Å²) in [4.78, 5) is 0. The molecule has 0 atom stereocenters. The van der Waals surface area contributed by atoms with E-state index in [9.17, 15) is 0 Å². The zero-order chi connectivity index (χ0) is 13.2. The summed E-state index contributed by atoms with van der Waals surface area (Å²) in [5, 5.41) is 0. The fraction of sp³-hybridized carbons (Fsp3) is 0.375. The van der Waals surface area contributed by atoms with Crippen LogP contribution in [0.4, 0.5) is 5.69 Å². The molecule has 0 aliphatic heterocycles. The molecule has 2 nitrogen and oxygen atoms in total. The Morgan fingerprint density at radius 1 is 1.00 bits per heavy atom. The summed E-state index contributed by atoms with van der Waals surface area (Å²) in [6, 6.07) is 8.09. The third-order valence-corrected chi connectivity index (χ3v) is 4.24. The predicted molar refractivity (Wildman–Crippen MR) is 78.7 cm³/mol. The second kappa shape index (κ2) is 4.89. The molecule has 0 radical (unpaired) electrons. The van der Waals surface area contributed by atoms with Crippen LogP contribution in [0.2, 0.25) is 0 Å². The minimum atomic E-state index is 0.130. The van der Waals surface area contributed by atoms with Crippen molar-refractivity contribution in [1.82, 2.24) is 0 Å². The molecule has 0 amide bonds. The molecule has 1 aromatic rings. The molecule has 1 aromatic carbocycles. The van der Waals surface area contributed by atoms with E-state index in [4.69, 9.17) is 11.5 Å². The summed E-state index contributed by atoms with van der Waals surface area (Å²) in [5.74, 6) is 0. The molecule has 0 fully saturated rings. The van der Waals surface area contributed by atoms with Crippen molar-refractivity contribution in [3.8, 4) is 0 Å². The van der Waals surface area contributed by atoms with E-state index in [0.29, 0.717) is 0 Å². The lowest BCUT2D eigenvalue weighted by atomic mass is 9.71. The van der Waals surface area contributed by atoms with Crippen LogP contribution in [0.1, 0.15) is 38.7 Å². The van der Waals surface area contributed by atoms with E-state index in [1.165, 1.54) is 11.1 Å². The molecule has 4 N–H and O–H groups in total. The highest BCUT2D eigenvalue weighted by molar-refractivity contribution is 5.70. The fourth-order valence-electron chi connectivity index (χ4n) is 2.70. The van der Waals surface area contributed by atoms with Crippen LogP contribution in [0.15, 0.2) is 42.1 Å². The predicted octanol–water partition coefficient (Wildman–Crippen LogP) is 3.70. The average Bonchev–Trinajstić information content (AvgIpc) is 2.41. The first kappa shape index (κ1) is 12.7. The molecule has 1 aliphatic rings. The number of nitrogens with two attached hydrogens (primary N) is 2. The minimum absolute atomic E-state index is 0.130. The van der Waals surface area contributed by atoms with Crippen LogP contribution in [0, 0.1) is 5.41 Å². The van der Waals surface area contributed by atoms with Gasteiger partial charge in [-0.05, 0) is 48.6 Å². The molecule has 0 heterocycles. The molecule has 2 heteroatoms. The first-order chi connectivity index (χ1) is 8.61. The largest absolute Gasteiger partial charge is 0.402 e. The Labute approximate surface area is 109 Å². The van der Waals surface area contributed by atoms with Crippen molar-refractivity contribution in [2.45, 2.75) is 33.1 Å². The van der Waals surface area contributed by atoms with Crippen molar-refractivity contribution >= 4 is 11.3 Å². The van der Waals surface area contributed by atoms with Crippen molar-refractivity contribution in [3.63, 3.8) is 0 Å². The van der Waals surface area contributed by atoms with Crippen molar-refractivity contribution < 1.29 is 0 Å². The number of hydrogen-bond acceptors (Lipinski definition) is 2. The third-order valence-electron chi connectivity index (χ3n) is 4.24. The number of benzene rings is 1. The molecule has 96 valence electrons. The van der Waals surface area contributed by atoms with E-state index in [2.05, 4.69) is 38.1 Å². The SMILES string of the molecule is CCC1(CC)CC(c2ccc(N)cc2)=CC=C1N. The Kier molecular flexibility index (Phi) is 3.46. The first-order valence-corrected chi connectivity index (χ1v) is 6.64. The number of allylic oxidation sites excluding steroid dienone is 4. The number of anilines is 1. The van der Waals surface area contributed by atoms with Gasteiger partial charge in [0.1, 0.15) is 0 Å². The van der Waals surface area contributed by atoms with Gasteiger partial charge in [-0.1, -0.05) is 32.1 Å². The molecule has 0 saturated heterocycles. The lowest BCUT2D eigenvalue weighted by molar-refractivity contribution is 0.329. The first-order valence-electron chi connectivity index (χ1n) is 6.64. The van der Waals surface area contributed by atoms with Crippen molar-refractivity contribution in [2.75, 3.05) is 5.73 Å². The highest BCUT2D eigenvalue weighted by Crippen LogP contribution is 2.44. The van der Waals surface area contributed by atoms with Crippen LogP contribution < -0.4 is 11.5 Å². The second-order valence-electron chi connectivity index (χ2n) is 5.10. The van der Waals surface area contributed by atoms with Gasteiger partial charge < -0.3 is 11.5 Å². The monoisotopic (exact) mass is 242 g/mol. The molecule has 0 unspecified atom stereocenters. The van der Waals surface area contributed by atoms with E-state index in [1.807, 2.05) is 12.1 Å². The standard InChI is InChI=1S/C16H22N2/c1-3-16(4-2)11-13(7-10-15(16)18)12-5-8-14(17)9-6-12/h5-10H,3-4,11,17-18H2,1-2H3. The van der Waals surface area contributed by atoms with Crippen LogP contribution >= 0.6 is 0 Å². The average molecular weight is 242 g/mol. The maximum atomic E-state index is 6.20. The summed E-state index contributed by atoms with van der Waals surface area (Å²) in [6.45, 7) is 4.44. The number of hydrogen-bond donors (Lipinski definition) is 2. The Morgan fingerprint density at radius 3 is 2.17 bits per heavy atom. The van der Waals surface area contributed by atoms with E-state index in [-0.39, 0.29) is 5.41 Å². The van der Waals surface area contributed by atoms with Gasteiger partial charge in [0.25, 0.3) is 0 Å². The lowest BCUT2D eigenvalue weighted by Gasteiger charge is -2.36. The zero-order valence-electron chi connectivity index (χ0n) is 11.2. The zero-order valence-corrected chi connectivity index (χ0v) is 11.2. The van der Waals surface area contributed by atoms with Gasteiger partial charge in [-0.25, -0.2) is 0 Å². The Morgan fingerprint density at radius 2 is 1.61 bits per heavy atom. The summed E-state index contributed by atoms with van der Waals surface area (Å²) < 4.78 is 0. The van der Waals surface area contributed by atoms with Gasteiger partial charge in [-0.3, -0.25) is 0 Å². The van der Waals surface area contributed by atoms with E-state index in [0.717, 1.165) is 30.6 Å². The van der Waals surface area contributed by atoms with Gasteiger partial charge in [0.15, 0.2) is 0 Å². The Balaban J connectivity index is 2.34. The van der Waals surface area contributed by atoms with Crippen molar-refractivity contribution in [2.24, 2.45) is 11.1 Å². The van der Waals surface area contributed by atoms with Gasteiger partial charge in [0, 0.05) is 16.8 Å². The van der Waals surface area contributed by atoms with Gasteiger partial charge in [0.05, 0.1) is 0 Å². The van der Waals surface area contributed by atoms with Gasteiger partial charge >= 0.3 is 0 Å². The summed E-state index contributed by atoms with van der Waals surface area (Å²) in [7, 11) is 0. The molecule has 18 heavy (non-hydrogen) atoms. The van der Waals surface area contributed by atoms with Gasteiger partial charge in [-0.2, -0.15) is 0 Å². The minimum Gasteiger partial charge on any atom is -0.402 e. The van der Waals surface area contributed by atoms with Gasteiger partial charge in [0.2, 0.25) is 0 Å². The van der Waals surface area contributed by atoms with Crippen LogP contribution in [-0.4, -0.2) is 0 Å². The number of nitrogen functional groups attached to an aromatic ring is 1. The smallest absolute Gasteiger partial charge is 0.0314 e. The summed E-state index contributed by atoms with van der Waals surface area (Å²) in [6.07, 6.45) is 7.40. The normalized spacial score (nSPS) is 18.1. The van der Waals surface area contributed by atoms with Crippen LogP contribution in [0.5, 0.6) is 0 Å². The Hall–Kier alpha value is -1.70. The lowest BCUT2D eigenvalue weighted by Crippen LogP contribution is -2.29. The Bertz CT molecular complexity index is 476.